The monoisotopic (exact) mass is 374 g/mol. The first kappa shape index (κ1) is 18.9. The van der Waals surface area contributed by atoms with E-state index < -0.39 is 0 Å². The van der Waals surface area contributed by atoms with E-state index in [1.54, 1.807) is 0 Å². The molecule has 1 N–H and O–H groups in total. The quantitative estimate of drug-likeness (QED) is 0.796. The molecule has 0 radical (unpaired) electrons. The fraction of sp³-hybridized carbons (Fsp3) is 0.440. The van der Waals surface area contributed by atoms with Gasteiger partial charge in [-0.05, 0) is 68.7 Å². The smallest absolute Gasteiger partial charge is 0.220 e. The molecule has 1 unspecified atom stereocenters. The second kappa shape index (κ2) is 8.30. The highest BCUT2D eigenvalue weighted by molar-refractivity contribution is 5.76. The number of hydrogen-bond acceptors (Lipinski definition) is 2. The Balaban J connectivity index is 1.34. The number of hydrogen-bond donors (Lipinski definition) is 1. The molecule has 4 rings (SSSR count). The summed E-state index contributed by atoms with van der Waals surface area (Å²) < 4.78 is 0. The van der Waals surface area contributed by atoms with Gasteiger partial charge in [0.15, 0.2) is 0 Å². The molecule has 2 aliphatic carbocycles. The third-order valence-electron chi connectivity index (χ3n) is 6.08. The third-order valence-corrected chi connectivity index (χ3v) is 6.08. The maximum atomic E-state index is 12.5. The van der Waals surface area contributed by atoms with E-state index in [0.717, 1.165) is 32.1 Å². The second-order valence-electron chi connectivity index (χ2n) is 8.50. The maximum absolute atomic E-state index is 12.5. The van der Waals surface area contributed by atoms with E-state index in [1.807, 2.05) is 6.20 Å². The molecule has 1 heterocycles. The molecule has 1 aromatic heterocycles. The number of carbonyl (C=O) groups excluding carboxylic acids is 1. The van der Waals surface area contributed by atoms with Gasteiger partial charge in [-0.2, -0.15) is 0 Å². The summed E-state index contributed by atoms with van der Waals surface area (Å²) in [5.41, 5.74) is 7.74. The SMILES string of the molecule is Cc1cc(C)cc(CCC(=O)N[C@@H]2CCCC(c3nccc4c3C=CC4)C2)c1. The van der Waals surface area contributed by atoms with Gasteiger partial charge in [0.1, 0.15) is 0 Å². The number of nitrogens with zero attached hydrogens (tertiary/aromatic N) is 1. The fourth-order valence-corrected chi connectivity index (χ4v) is 4.87. The van der Waals surface area contributed by atoms with E-state index in [1.165, 1.54) is 39.9 Å². The van der Waals surface area contributed by atoms with Gasteiger partial charge in [0.25, 0.3) is 0 Å². The molecule has 0 aliphatic heterocycles. The lowest BCUT2D eigenvalue weighted by Crippen LogP contribution is -2.38. The van der Waals surface area contributed by atoms with Crippen molar-refractivity contribution in [2.45, 2.75) is 70.8 Å². The molecule has 1 aromatic carbocycles. The van der Waals surface area contributed by atoms with Gasteiger partial charge >= 0.3 is 0 Å². The third kappa shape index (κ3) is 4.35. The first-order valence-corrected chi connectivity index (χ1v) is 10.6. The zero-order valence-corrected chi connectivity index (χ0v) is 17.0. The number of amides is 1. The normalized spacial score (nSPS) is 20.8. The van der Waals surface area contributed by atoms with Crippen molar-refractivity contribution in [2.24, 2.45) is 0 Å². The van der Waals surface area contributed by atoms with Gasteiger partial charge in [-0.1, -0.05) is 47.9 Å². The van der Waals surface area contributed by atoms with Crippen LogP contribution in [0.25, 0.3) is 6.08 Å². The Morgan fingerprint density at radius 1 is 1.18 bits per heavy atom. The summed E-state index contributed by atoms with van der Waals surface area (Å²) in [6, 6.07) is 8.95. The molecule has 28 heavy (non-hydrogen) atoms. The number of allylic oxidation sites excluding steroid dienone is 1. The molecular formula is C25H30N2O. The Bertz CT molecular complexity index is 879. The van der Waals surface area contributed by atoms with Crippen LogP contribution in [-0.4, -0.2) is 16.9 Å². The Hall–Kier alpha value is -2.42. The zero-order chi connectivity index (χ0) is 19.5. The van der Waals surface area contributed by atoms with Gasteiger partial charge in [-0.15, -0.1) is 0 Å². The average molecular weight is 375 g/mol. The van der Waals surface area contributed by atoms with E-state index >= 15 is 0 Å². The number of benzene rings is 1. The molecule has 0 bridgehead atoms. The van der Waals surface area contributed by atoms with Gasteiger partial charge < -0.3 is 5.32 Å². The van der Waals surface area contributed by atoms with Gasteiger partial charge in [-0.25, -0.2) is 0 Å². The summed E-state index contributed by atoms with van der Waals surface area (Å²) in [6.45, 7) is 4.23. The number of aryl methyl sites for hydroxylation is 3. The predicted octanol–water partition coefficient (Wildman–Crippen LogP) is 5.04. The summed E-state index contributed by atoms with van der Waals surface area (Å²) in [5, 5.41) is 3.30. The summed E-state index contributed by atoms with van der Waals surface area (Å²) in [4.78, 5) is 17.3. The highest BCUT2D eigenvalue weighted by Crippen LogP contribution is 2.36. The van der Waals surface area contributed by atoms with Gasteiger partial charge in [-0.3, -0.25) is 9.78 Å². The molecule has 1 amide bonds. The summed E-state index contributed by atoms with van der Waals surface area (Å²) >= 11 is 0. The average Bonchev–Trinajstić information content (AvgIpc) is 3.15. The minimum absolute atomic E-state index is 0.177. The van der Waals surface area contributed by atoms with E-state index in [-0.39, 0.29) is 11.9 Å². The van der Waals surface area contributed by atoms with Crippen molar-refractivity contribution in [3.8, 4) is 0 Å². The van der Waals surface area contributed by atoms with E-state index in [0.29, 0.717) is 12.3 Å². The molecule has 0 spiro atoms. The van der Waals surface area contributed by atoms with Crippen LogP contribution in [0.2, 0.25) is 0 Å². The lowest BCUT2D eigenvalue weighted by atomic mass is 9.81. The molecule has 3 nitrogen and oxygen atoms in total. The predicted molar refractivity (Wildman–Crippen MR) is 114 cm³/mol. The Morgan fingerprint density at radius 2 is 2.00 bits per heavy atom. The van der Waals surface area contributed by atoms with Crippen LogP contribution in [0.1, 0.15) is 71.5 Å². The van der Waals surface area contributed by atoms with Crippen molar-refractivity contribution in [3.63, 3.8) is 0 Å². The number of fused-ring (bicyclic) bond motifs is 1. The van der Waals surface area contributed by atoms with Gasteiger partial charge in [0.05, 0.1) is 5.69 Å². The van der Waals surface area contributed by atoms with Crippen LogP contribution in [0.5, 0.6) is 0 Å². The molecule has 2 aromatic rings. The van der Waals surface area contributed by atoms with E-state index in [4.69, 9.17) is 4.98 Å². The van der Waals surface area contributed by atoms with Crippen molar-refractivity contribution in [2.75, 3.05) is 0 Å². The molecule has 2 atom stereocenters. The number of pyridine rings is 1. The molecule has 0 saturated heterocycles. The Morgan fingerprint density at radius 3 is 2.82 bits per heavy atom. The first-order valence-electron chi connectivity index (χ1n) is 10.6. The van der Waals surface area contributed by atoms with Crippen molar-refractivity contribution in [3.05, 3.63) is 70.0 Å². The highest BCUT2D eigenvalue weighted by Gasteiger charge is 2.27. The summed E-state index contributed by atoms with van der Waals surface area (Å²) in [5.74, 6) is 0.632. The summed E-state index contributed by atoms with van der Waals surface area (Å²) in [7, 11) is 0. The van der Waals surface area contributed by atoms with Crippen LogP contribution in [0.15, 0.2) is 36.5 Å². The molecule has 3 heteroatoms. The fourth-order valence-electron chi connectivity index (χ4n) is 4.87. The maximum Gasteiger partial charge on any atom is 0.220 e. The van der Waals surface area contributed by atoms with Crippen molar-refractivity contribution in [1.29, 1.82) is 0 Å². The molecule has 1 fully saturated rings. The van der Waals surface area contributed by atoms with Crippen molar-refractivity contribution >= 4 is 12.0 Å². The van der Waals surface area contributed by atoms with Crippen LogP contribution < -0.4 is 5.32 Å². The van der Waals surface area contributed by atoms with Crippen molar-refractivity contribution < 1.29 is 4.79 Å². The molecule has 2 aliphatic rings. The molecular weight excluding hydrogens is 344 g/mol. The molecule has 146 valence electrons. The van der Waals surface area contributed by atoms with E-state index in [9.17, 15) is 4.79 Å². The second-order valence-corrected chi connectivity index (χ2v) is 8.50. The minimum Gasteiger partial charge on any atom is -0.353 e. The van der Waals surface area contributed by atoms with Crippen LogP contribution >= 0.6 is 0 Å². The zero-order valence-electron chi connectivity index (χ0n) is 17.0. The van der Waals surface area contributed by atoms with Crippen LogP contribution in [0.4, 0.5) is 0 Å². The lowest BCUT2D eigenvalue weighted by Gasteiger charge is -2.30. The lowest BCUT2D eigenvalue weighted by molar-refractivity contribution is -0.122. The van der Waals surface area contributed by atoms with Gasteiger partial charge in [0, 0.05) is 24.6 Å². The van der Waals surface area contributed by atoms with Crippen LogP contribution in [0.3, 0.4) is 0 Å². The minimum atomic E-state index is 0.177. The van der Waals surface area contributed by atoms with Crippen LogP contribution in [0, 0.1) is 13.8 Å². The van der Waals surface area contributed by atoms with Crippen molar-refractivity contribution in [1.82, 2.24) is 10.3 Å². The number of rotatable bonds is 5. The highest BCUT2D eigenvalue weighted by atomic mass is 16.1. The van der Waals surface area contributed by atoms with Crippen LogP contribution in [-0.2, 0) is 17.6 Å². The largest absolute Gasteiger partial charge is 0.353 e. The Labute approximate surface area is 168 Å². The topological polar surface area (TPSA) is 42.0 Å². The Kier molecular flexibility index (Phi) is 5.61. The standard InChI is InChI=1S/C25H30N2O/c1-17-13-18(2)15-19(14-17)9-10-24(28)27-22-7-3-6-21(16-22)25-23-8-4-5-20(23)11-12-26-25/h4,8,11-15,21-22H,3,5-7,9-10,16H2,1-2H3,(H,27,28)/t21?,22-/m1/s1. The number of nitrogens with one attached hydrogen (secondary N) is 1. The first-order chi connectivity index (χ1) is 13.6. The van der Waals surface area contributed by atoms with E-state index in [2.05, 4.69) is 55.6 Å². The molecule has 1 saturated carbocycles. The summed E-state index contributed by atoms with van der Waals surface area (Å²) in [6.07, 6.45) is 13.2. The van der Waals surface area contributed by atoms with Gasteiger partial charge in [0.2, 0.25) is 5.91 Å². The number of carbonyl (C=O) groups is 1. The number of aromatic nitrogens is 1.